The minimum absolute atomic E-state index is 0.0524. The Morgan fingerprint density at radius 3 is 3.05 bits per heavy atom. The van der Waals surface area contributed by atoms with Crippen LogP contribution in [0, 0.1) is 6.92 Å². The second kappa shape index (κ2) is 8.73. The maximum atomic E-state index is 12.2. The summed E-state index contributed by atoms with van der Waals surface area (Å²) in [5, 5.41) is 6.18. The van der Waals surface area contributed by atoms with Crippen LogP contribution in [0.3, 0.4) is 0 Å². The van der Waals surface area contributed by atoms with E-state index in [0.717, 1.165) is 12.1 Å². The molecule has 2 N–H and O–H groups in total. The smallest absolute Gasteiger partial charge is 0.226 e. The van der Waals surface area contributed by atoms with E-state index in [2.05, 4.69) is 10.6 Å². The van der Waals surface area contributed by atoms with Crippen molar-refractivity contribution in [3.63, 3.8) is 0 Å². The van der Waals surface area contributed by atoms with E-state index in [0.29, 0.717) is 44.3 Å². The Kier molecular flexibility index (Phi) is 6.64. The third kappa shape index (κ3) is 5.29. The highest BCUT2D eigenvalue weighted by molar-refractivity contribution is 5.92. The van der Waals surface area contributed by atoms with Crippen molar-refractivity contribution < 1.29 is 19.0 Å². The van der Waals surface area contributed by atoms with Crippen LogP contribution >= 0.6 is 0 Å². The van der Waals surface area contributed by atoms with Crippen molar-refractivity contribution in [1.82, 2.24) is 5.32 Å². The van der Waals surface area contributed by atoms with Gasteiger partial charge < -0.3 is 24.8 Å². The number of carbonyl (C=O) groups is 1. The standard InChI is InChI=1S/C16H24N2O4/c1-12-3-4-14(15(9-12)22-8-7-20-2)18-16(19)10-13-11-21-6-5-17-13/h3-4,9,13,17H,5-8,10-11H2,1-2H3,(H,18,19). The molecule has 1 unspecified atom stereocenters. The fourth-order valence-electron chi connectivity index (χ4n) is 2.26. The second-order valence-corrected chi connectivity index (χ2v) is 5.32. The van der Waals surface area contributed by atoms with Gasteiger partial charge in [0, 0.05) is 26.1 Å². The predicted molar refractivity (Wildman–Crippen MR) is 84.4 cm³/mol. The molecule has 6 heteroatoms. The van der Waals surface area contributed by atoms with Crippen molar-refractivity contribution in [3.05, 3.63) is 23.8 Å². The summed E-state index contributed by atoms with van der Waals surface area (Å²) in [6.45, 7) is 4.99. The van der Waals surface area contributed by atoms with Gasteiger partial charge in [-0.15, -0.1) is 0 Å². The number of carbonyl (C=O) groups excluding carboxylic acids is 1. The van der Waals surface area contributed by atoms with Gasteiger partial charge in [-0.2, -0.15) is 0 Å². The number of benzene rings is 1. The molecule has 0 aliphatic carbocycles. The number of aryl methyl sites for hydroxylation is 1. The van der Waals surface area contributed by atoms with Crippen LogP contribution < -0.4 is 15.4 Å². The zero-order valence-corrected chi connectivity index (χ0v) is 13.2. The Morgan fingerprint density at radius 1 is 1.45 bits per heavy atom. The number of hydrogen-bond acceptors (Lipinski definition) is 5. The van der Waals surface area contributed by atoms with E-state index in [1.807, 2.05) is 25.1 Å². The molecular formula is C16H24N2O4. The van der Waals surface area contributed by atoms with Crippen molar-refractivity contribution in [2.45, 2.75) is 19.4 Å². The monoisotopic (exact) mass is 308 g/mol. The first-order chi connectivity index (χ1) is 10.7. The normalized spacial score (nSPS) is 18.0. The molecule has 0 saturated carbocycles. The van der Waals surface area contributed by atoms with E-state index in [1.54, 1.807) is 7.11 Å². The van der Waals surface area contributed by atoms with E-state index in [-0.39, 0.29) is 11.9 Å². The number of methoxy groups -OCH3 is 1. The summed E-state index contributed by atoms with van der Waals surface area (Å²) in [6, 6.07) is 5.78. The molecule has 0 aromatic heterocycles. The Hall–Kier alpha value is -1.63. The van der Waals surface area contributed by atoms with Crippen LogP contribution in [-0.2, 0) is 14.3 Å². The lowest BCUT2D eigenvalue weighted by molar-refractivity contribution is -0.117. The SMILES string of the molecule is COCCOc1cc(C)ccc1NC(=O)CC1COCCN1. The summed E-state index contributed by atoms with van der Waals surface area (Å²) in [5.74, 6) is 0.613. The first-order valence-corrected chi connectivity index (χ1v) is 7.52. The number of rotatable bonds is 7. The zero-order valence-electron chi connectivity index (χ0n) is 13.2. The summed E-state index contributed by atoms with van der Waals surface area (Å²) in [7, 11) is 1.63. The molecular weight excluding hydrogens is 284 g/mol. The van der Waals surface area contributed by atoms with Crippen molar-refractivity contribution in [2.75, 3.05) is 45.4 Å². The molecule has 1 fully saturated rings. The van der Waals surface area contributed by atoms with Gasteiger partial charge in [-0.05, 0) is 24.6 Å². The average Bonchev–Trinajstić information content (AvgIpc) is 2.51. The molecule has 1 heterocycles. The molecule has 0 spiro atoms. The maximum Gasteiger partial charge on any atom is 0.226 e. The lowest BCUT2D eigenvalue weighted by Crippen LogP contribution is -2.43. The van der Waals surface area contributed by atoms with Gasteiger partial charge >= 0.3 is 0 Å². The number of ether oxygens (including phenoxy) is 3. The summed E-state index contributed by atoms with van der Waals surface area (Å²) >= 11 is 0. The van der Waals surface area contributed by atoms with Gasteiger partial charge in [-0.3, -0.25) is 4.79 Å². The highest BCUT2D eigenvalue weighted by atomic mass is 16.5. The molecule has 1 aromatic rings. The average molecular weight is 308 g/mol. The van der Waals surface area contributed by atoms with E-state index < -0.39 is 0 Å². The highest BCUT2D eigenvalue weighted by Crippen LogP contribution is 2.26. The van der Waals surface area contributed by atoms with E-state index in [1.165, 1.54) is 0 Å². The second-order valence-electron chi connectivity index (χ2n) is 5.32. The molecule has 122 valence electrons. The topological polar surface area (TPSA) is 68.8 Å². The molecule has 6 nitrogen and oxygen atoms in total. The first-order valence-electron chi connectivity index (χ1n) is 7.52. The Morgan fingerprint density at radius 2 is 2.32 bits per heavy atom. The van der Waals surface area contributed by atoms with Crippen LogP contribution in [0.15, 0.2) is 18.2 Å². The molecule has 1 aliphatic rings. The van der Waals surface area contributed by atoms with E-state index in [4.69, 9.17) is 14.2 Å². The Bertz CT molecular complexity index is 487. The maximum absolute atomic E-state index is 12.2. The summed E-state index contributed by atoms with van der Waals surface area (Å²) in [5.41, 5.74) is 1.76. The lowest BCUT2D eigenvalue weighted by atomic mass is 10.1. The molecule has 1 aromatic carbocycles. The molecule has 22 heavy (non-hydrogen) atoms. The van der Waals surface area contributed by atoms with Gasteiger partial charge in [0.2, 0.25) is 5.91 Å². The molecule has 0 radical (unpaired) electrons. The Balaban J connectivity index is 1.93. The number of nitrogens with one attached hydrogen (secondary N) is 2. The van der Waals surface area contributed by atoms with Crippen molar-refractivity contribution in [3.8, 4) is 5.75 Å². The number of hydrogen-bond donors (Lipinski definition) is 2. The Labute approximate surface area is 131 Å². The minimum atomic E-state index is -0.0524. The fraction of sp³-hybridized carbons (Fsp3) is 0.562. The first kappa shape index (κ1) is 16.7. The highest BCUT2D eigenvalue weighted by Gasteiger charge is 2.17. The number of amides is 1. The zero-order chi connectivity index (χ0) is 15.8. The van der Waals surface area contributed by atoms with E-state index in [9.17, 15) is 4.79 Å². The molecule has 2 rings (SSSR count). The van der Waals surface area contributed by atoms with E-state index >= 15 is 0 Å². The van der Waals surface area contributed by atoms with Crippen LogP contribution in [0.1, 0.15) is 12.0 Å². The molecule has 1 aliphatic heterocycles. The van der Waals surface area contributed by atoms with Gasteiger partial charge in [0.05, 0.1) is 25.5 Å². The van der Waals surface area contributed by atoms with Crippen molar-refractivity contribution >= 4 is 11.6 Å². The third-order valence-corrected chi connectivity index (χ3v) is 3.39. The number of anilines is 1. The molecule has 1 amide bonds. The van der Waals surface area contributed by atoms with Gasteiger partial charge in [-0.25, -0.2) is 0 Å². The minimum Gasteiger partial charge on any atom is -0.489 e. The van der Waals surface area contributed by atoms with Crippen LogP contribution in [0.5, 0.6) is 5.75 Å². The van der Waals surface area contributed by atoms with Gasteiger partial charge in [0.25, 0.3) is 0 Å². The largest absolute Gasteiger partial charge is 0.489 e. The van der Waals surface area contributed by atoms with Gasteiger partial charge in [0.15, 0.2) is 0 Å². The quantitative estimate of drug-likeness (QED) is 0.744. The molecule has 1 atom stereocenters. The van der Waals surface area contributed by atoms with Crippen LogP contribution in [0.2, 0.25) is 0 Å². The van der Waals surface area contributed by atoms with Gasteiger partial charge in [-0.1, -0.05) is 6.07 Å². The third-order valence-electron chi connectivity index (χ3n) is 3.39. The predicted octanol–water partition coefficient (Wildman–Crippen LogP) is 1.34. The van der Waals surface area contributed by atoms with Crippen LogP contribution in [0.25, 0.3) is 0 Å². The van der Waals surface area contributed by atoms with Crippen molar-refractivity contribution in [2.24, 2.45) is 0 Å². The summed E-state index contributed by atoms with van der Waals surface area (Å²) in [6.07, 6.45) is 0.380. The lowest BCUT2D eigenvalue weighted by Gasteiger charge is -2.23. The number of morpholine rings is 1. The van der Waals surface area contributed by atoms with Crippen LogP contribution in [-0.4, -0.2) is 52.0 Å². The summed E-state index contributed by atoms with van der Waals surface area (Å²) < 4.78 is 16.0. The molecule has 0 bridgehead atoms. The summed E-state index contributed by atoms with van der Waals surface area (Å²) in [4.78, 5) is 12.2. The van der Waals surface area contributed by atoms with Gasteiger partial charge in [0.1, 0.15) is 12.4 Å². The fourth-order valence-corrected chi connectivity index (χ4v) is 2.26. The van der Waals surface area contributed by atoms with Crippen LogP contribution in [0.4, 0.5) is 5.69 Å². The van der Waals surface area contributed by atoms with Crippen molar-refractivity contribution in [1.29, 1.82) is 0 Å². The molecule has 1 saturated heterocycles.